The zero-order chi connectivity index (χ0) is 16.3. The van der Waals surface area contributed by atoms with Crippen molar-refractivity contribution < 1.29 is 9.53 Å². The molecular weight excluding hydrogens is 368 g/mol. The lowest BCUT2D eigenvalue weighted by molar-refractivity contribution is -0.122. The molecule has 0 aromatic heterocycles. The summed E-state index contributed by atoms with van der Waals surface area (Å²) >= 11 is 23.6. The van der Waals surface area contributed by atoms with E-state index in [1.165, 1.54) is 12.1 Å². The number of halogens is 4. The SMILES string of the molecule is C[C@H](Oc1cc(Cl)c(Cl)cc1Cl)C(=O)Nc1ccc(Cl)cc1. The molecular formula is C15H11Cl4NO2. The summed E-state index contributed by atoms with van der Waals surface area (Å²) in [5, 5.41) is 4.19. The summed E-state index contributed by atoms with van der Waals surface area (Å²) in [7, 11) is 0. The highest BCUT2D eigenvalue weighted by Gasteiger charge is 2.17. The molecule has 2 aromatic rings. The van der Waals surface area contributed by atoms with Gasteiger partial charge in [0.1, 0.15) is 5.75 Å². The monoisotopic (exact) mass is 377 g/mol. The van der Waals surface area contributed by atoms with Crippen LogP contribution < -0.4 is 10.1 Å². The van der Waals surface area contributed by atoms with Crippen molar-refractivity contribution in [1.29, 1.82) is 0 Å². The number of anilines is 1. The van der Waals surface area contributed by atoms with Crippen LogP contribution in [0.25, 0.3) is 0 Å². The lowest BCUT2D eigenvalue weighted by Crippen LogP contribution is -2.30. The Morgan fingerprint density at radius 2 is 1.59 bits per heavy atom. The average molecular weight is 379 g/mol. The molecule has 1 N–H and O–H groups in total. The van der Waals surface area contributed by atoms with Crippen LogP contribution in [0.15, 0.2) is 36.4 Å². The maximum Gasteiger partial charge on any atom is 0.265 e. The highest BCUT2D eigenvalue weighted by molar-refractivity contribution is 6.43. The normalized spacial score (nSPS) is 11.9. The molecule has 0 saturated carbocycles. The smallest absolute Gasteiger partial charge is 0.265 e. The Morgan fingerprint density at radius 1 is 1.00 bits per heavy atom. The summed E-state index contributed by atoms with van der Waals surface area (Å²) < 4.78 is 5.53. The van der Waals surface area contributed by atoms with Gasteiger partial charge in [-0.1, -0.05) is 46.4 Å². The van der Waals surface area contributed by atoms with Crippen LogP contribution in [0.1, 0.15) is 6.92 Å². The summed E-state index contributed by atoms with van der Waals surface area (Å²) in [6.45, 7) is 1.60. The molecule has 1 atom stereocenters. The molecule has 7 heteroatoms. The van der Waals surface area contributed by atoms with Gasteiger partial charge in [0.05, 0.1) is 15.1 Å². The highest BCUT2D eigenvalue weighted by atomic mass is 35.5. The number of hydrogen-bond donors (Lipinski definition) is 1. The zero-order valence-electron chi connectivity index (χ0n) is 11.4. The molecule has 2 aromatic carbocycles. The van der Waals surface area contributed by atoms with Gasteiger partial charge < -0.3 is 10.1 Å². The Balaban J connectivity index is 2.05. The molecule has 0 unspecified atom stereocenters. The van der Waals surface area contributed by atoms with Crippen molar-refractivity contribution in [3.05, 3.63) is 56.5 Å². The molecule has 0 saturated heterocycles. The van der Waals surface area contributed by atoms with E-state index in [2.05, 4.69) is 5.32 Å². The van der Waals surface area contributed by atoms with Crippen LogP contribution in [0.4, 0.5) is 5.69 Å². The Bertz CT molecular complexity index is 689. The molecule has 0 fully saturated rings. The number of carbonyl (C=O) groups excluding carboxylic acids is 1. The maximum absolute atomic E-state index is 12.1. The van der Waals surface area contributed by atoms with Gasteiger partial charge in [0.25, 0.3) is 5.91 Å². The molecule has 0 heterocycles. The molecule has 3 nitrogen and oxygen atoms in total. The van der Waals surface area contributed by atoms with Gasteiger partial charge in [0.15, 0.2) is 6.10 Å². The first-order valence-electron chi connectivity index (χ1n) is 6.24. The Kier molecular flexibility index (Phi) is 5.81. The molecule has 1 amide bonds. The van der Waals surface area contributed by atoms with Crippen LogP contribution >= 0.6 is 46.4 Å². The molecule has 0 radical (unpaired) electrons. The van der Waals surface area contributed by atoms with Crippen LogP contribution in [-0.4, -0.2) is 12.0 Å². The number of amides is 1. The van der Waals surface area contributed by atoms with Crippen molar-refractivity contribution in [2.45, 2.75) is 13.0 Å². The quantitative estimate of drug-likeness (QED) is 0.692. The van der Waals surface area contributed by atoms with E-state index in [1.54, 1.807) is 31.2 Å². The van der Waals surface area contributed by atoms with E-state index in [-0.39, 0.29) is 16.7 Å². The lowest BCUT2D eigenvalue weighted by Gasteiger charge is -2.16. The summed E-state index contributed by atoms with van der Waals surface area (Å²) in [5.41, 5.74) is 0.616. The Hall–Kier alpha value is -1.13. The van der Waals surface area contributed by atoms with Crippen molar-refractivity contribution in [1.82, 2.24) is 0 Å². The van der Waals surface area contributed by atoms with Crippen molar-refractivity contribution in [3.8, 4) is 5.75 Å². The molecule has 0 bridgehead atoms. The van der Waals surface area contributed by atoms with Crippen molar-refractivity contribution >= 4 is 58.0 Å². The second kappa shape index (κ2) is 7.42. The van der Waals surface area contributed by atoms with Gasteiger partial charge in [-0.05, 0) is 37.3 Å². The minimum atomic E-state index is -0.773. The van der Waals surface area contributed by atoms with Crippen molar-refractivity contribution in [2.75, 3.05) is 5.32 Å². The summed E-state index contributed by atoms with van der Waals surface area (Å²) in [6, 6.07) is 9.68. The number of nitrogens with one attached hydrogen (secondary N) is 1. The number of carbonyl (C=O) groups is 1. The molecule has 2 rings (SSSR count). The van der Waals surface area contributed by atoms with E-state index in [1.807, 2.05) is 0 Å². The van der Waals surface area contributed by atoms with Gasteiger partial charge >= 0.3 is 0 Å². The van der Waals surface area contributed by atoms with Crippen LogP contribution in [0, 0.1) is 0 Å². The van der Waals surface area contributed by atoms with Crippen molar-refractivity contribution in [2.24, 2.45) is 0 Å². The molecule has 0 aliphatic rings. The van der Waals surface area contributed by atoms with Gasteiger partial charge in [-0.25, -0.2) is 0 Å². The third kappa shape index (κ3) is 4.43. The van der Waals surface area contributed by atoms with Gasteiger partial charge in [0, 0.05) is 16.8 Å². The third-order valence-corrected chi connectivity index (χ3v) is 4.03. The van der Waals surface area contributed by atoms with Crippen LogP contribution in [-0.2, 0) is 4.79 Å². The maximum atomic E-state index is 12.1. The number of hydrogen-bond acceptors (Lipinski definition) is 2. The molecule has 22 heavy (non-hydrogen) atoms. The average Bonchev–Trinajstić information content (AvgIpc) is 2.47. The Morgan fingerprint density at radius 3 is 2.23 bits per heavy atom. The Labute approximate surface area is 148 Å². The summed E-state index contributed by atoms with van der Waals surface area (Å²) in [5.74, 6) is -0.0423. The van der Waals surface area contributed by atoms with E-state index in [9.17, 15) is 4.79 Å². The first-order valence-corrected chi connectivity index (χ1v) is 7.75. The first kappa shape index (κ1) is 17.2. The van der Waals surface area contributed by atoms with Gasteiger partial charge in [0.2, 0.25) is 0 Å². The molecule has 0 aliphatic heterocycles. The topological polar surface area (TPSA) is 38.3 Å². The third-order valence-electron chi connectivity index (χ3n) is 2.76. The van der Waals surface area contributed by atoms with Gasteiger partial charge in [-0.3, -0.25) is 4.79 Å². The zero-order valence-corrected chi connectivity index (χ0v) is 14.4. The fourth-order valence-electron chi connectivity index (χ4n) is 1.62. The summed E-state index contributed by atoms with van der Waals surface area (Å²) in [4.78, 5) is 12.1. The van der Waals surface area contributed by atoms with E-state index in [0.29, 0.717) is 20.8 Å². The molecule has 0 spiro atoms. The van der Waals surface area contributed by atoms with Crippen LogP contribution in [0.5, 0.6) is 5.75 Å². The molecule has 0 aliphatic carbocycles. The second-order valence-corrected chi connectivity index (χ2v) is 6.11. The second-order valence-electron chi connectivity index (χ2n) is 4.45. The largest absolute Gasteiger partial charge is 0.479 e. The fraction of sp³-hybridized carbons (Fsp3) is 0.133. The van der Waals surface area contributed by atoms with Crippen LogP contribution in [0.2, 0.25) is 20.1 Å². The number of rotatable bonds is 4. The van der Waals surface area contributed by atoms with E-state index < -0.39 is 6.10 Å². The van der Waals surface area contributed by atoms with E-state index in [0.717, 1.165) is 0 Å². The van der Waals surface area contributed by atoms with Gasteiger partial charge in [-0.15, -0.1) is 0 Å². The minimum Gasteiger partial charge on any atom is -0.479 e. The standard InChI is InChI=1S/C15H11Cl4NO2/c1-8(15(21)20-10-4-2-9(16)3-5-10)22-14-7-12(18)11(17)6-13(14)19/h2-8H,1H3,(H,20,21)/t8-/m0/s1. The summed E-state index contributed by atoms with van der Waals surface area (Å²) in [6.07, 6.45) is -0.773. The fourth-order valence-corrected chi connectivity index (χ4v) is 2.32. The first-order chi connectivity index (χ1) is 10.4. The van der Waals surface area contributed by atoms with E-state index >= 15 is 0 Å². The number of ether oxygens (including phenoxy) is 1. The predicted octanol–water partition coefficient (Wildman–Crippen LogP) is 5.71. The van der Waals surface area contributed by atoms with Crippen molar-refractivity contribution in [3.63, 3.8) is 0 Å². The predicted molar refractivity (Wildman–Crippen MR) is 91.6 cm³/mol. The minimum absolute atomic E-state index is 0.278. The van der Waals surface area contributed by atoms with Crippen LogP contribution in [0.3, 0.4) is 0 Å². The van der Waals surface area contributed by atoms with Gasteiger partial charge in [-0.2, -0.15) is 0 Å². The molecule has 116 valence electrons. The number of benzene rings is 2. The lowest BCUT2D eigenvalue weighted by atomic mass is 10.3. The highest BCUT2D eigenvalue weighted by Crippen LogP contribution is 2.34. The van der Waals surface area contributed by atoms with E-state index in [4.69, 9.17) is 51.1 Å².